The maximum absolute atomic E-state index is 11.3. The molecule has 0 saturated heterocycles. The largest absolute Gasteiger partial charge is 0.481 e. The SMILES string of the molecule is CCCC(CCC)c1nnnn1CC1(C(=O)O)CC1. The van der Waals surface area contributed by atoms with E-state index < -0.39 is 11.4 Å². The Balaban J connectivity index is 2.14. The van der Waals surface area contributed by atoms with E-state index in [9.17, 15) is 9.90 Å². The van der Waals surface area contributed by atoms with Crippen molar-refractivity contribution in [2.75, 3.05) is 0 Å². The monoisotopic (exact) mass is 266 g/mol. The van der Waals surface area contributed by atoms with Gasteiger partial charge in [0.15, 0.2) is 5.82 Å². The number of nitrogens with zero attached hydrogens (tertiary/aromatic N) is 4. The van der Waals surface area contributed by atoms with Crippen LogP contribution < -0.4 is 0 Å². The molecule has 0 atom stereocenters. The lowest BCUT2D eigenvalue weighted by atomic mass is 9.97. The van der Waals surface area contributed by atoms with Crippen LogP contribution in [0.25, 0.3) is 0 Å². The number of aliphatic carboxylic acids is 1. The zero-order valence-corrected chi connectivity index (χ0v) is 11.7. The van der Waals surface area contributed by atoms with Crippen LogP contribution in [0.1, 0.15) is 64.1 Å². The van der Waals surface area contributed by atoms with E-state index in [0.29, 0.717) is 12.5 Å². The second-order valence-electron chi connectivity index (χ2n) is 5.55. The van der Waals surface area contributed by atoms with Gasteiger partial charge in [-0.25, -0.2) is 4.68 Å². The average Bonchev–Trinajstić information content (AvgIpc) is 3.01. The maximum Gasteiger partial charge on any atom is 0.311 e. The highest BCUT2D eigenvalue weighted by atomic mass is 16.4. The first kappa shape index (κ1) is 14.0. The predicted molar refractivity (Wildman–Crippen MR) is 69.7 cm³/mol. The van der Waals surface area contributed by atoms with Gasteiger partial charge in [-0.3, -0.25) is 4.79 Å². The van der Waals surface area contributed by atoms with Crippen LogP contribution in [0.4, 0.5) is 0 Å². The van der Waals surface area contributed by atoms with Crippen LogP contribution in [0.3, 0.4) is 0 Å². The normalized spacial score (nSPS) is 16.8. The van der Waals surface area contributed by atoms with E-state index in [1.807, 2.05) is 0 Å². The second-order valence-corrected chi connectivity index (χ2v) is 5.55. The van der Waals surface area contributed by atoms with Gasteiger partial charge in [0, 0.05) is 5.92 Å². The Morgan fingerprint density at radius 1 is 1.37 bits per heavy atom. The molecule has 0 amide bonds. The van der Waals surface area contributed by atoms with E-state index >= 15 is 0 Å². The van der Waals surface area contributed by atoms with Gasteiger partial charge in [-0.15, -0.1) is 5.10 Å². The third-order valence-corrected chi connectivity index (χ3v) is 3.96. The summed E-state index contributed by atoms with van der Waals surface area (Å²) in [5.74, 6) is 0.474. The molecular formula is C13H22N4O2. The molecule has 106 valence electrons. The van der Waals surface area contributed by atoms with Gasteiger partial charge in [-0.1, -0.05) is 26.7 Å². The highest BCUT2D eigenvalue weighted by Crippen LogP contribution is 2.47. The Labute approximate surface area is 113 Å². The number of carboxylic acids is 1. The molecule has 0 unspecified atom stereocenters. The predicted octanol–water partition coefficient (Wildman–Crippen LogP) is 2.22. The zero-order chi connectivity index (χ0) is 13.9. The number of aromatic nitrogens is 4. The molecule has 1 aromatic rings. The summed E-state index contributed by atoms with van der Waals surface area (Å²) in [5, 5.41) is 21.1. The first-order chi connectivity index (χ1) is 9.13. The molecule has 0 aliphatic heterocycles. The smallest absolute Gasteiger partial charge is 0.311 e. The quantitative estimate of drug-likeness (QED) is 0.780. The average molecular weight is 266 g/mol. The molecule has 1 N–H and O–H groups in total. The molecule has 0 aromatic carbocycles. The van der Waals surface area contributed by atoms with Crippen LogP contribution in [-0.4, -0.2) is 31.3 Å². The summed E-state index contributed by atoms with van der Waals surface area (Å²) in [4.78, 5) is 11.3. The maximum atomic E-state index is 11.3. The number of hydrogen-bond acceptors (Lipinski definition) is 4. The van der Waals surface area contributed by atoms with Crippen molar-refractivity contribution in [1.82, 2.24) is 20.2 Å². The van der Waals surface area contributed by atoms with E-state index in [1.54, 1.807) is 4.68 Å². The minimum atomic E-state index is -0.725. The van der Waals surface area contributed by atoms with E-state index in [2.05, 4.69) is 29.4 Å². The van der Waals surface area contributed by atoms with Gasteiger partial charge in [0.1, 0.15) is 0 Å². The molecule has 1 fully saturated rings. The molecule has 0 spiro atoms. The summed E-state index contributed by atoms with van der Waals surface area (Å²) >= 11 is 0. The summed E-state index contributed by atoms with van der Waals surface area (Å²) < 4.78 is 1.72. The summed E-state index contributed by atoms with van der Waals surface area (Å²) in [6.45, 7) is 4.71. The van der Waals surface area contributed by atoms with E-state index in [0.717, 1.165) is 44.3 Å². The Hall–Kier alpha value is -1.46. The molecule has 0 radical (unpaired) electrons. The Kier molecular flexibility index (Phi) is 4.17. The van der Waals surface area contributed by atoms with Crippen LogP contribution in [-0.2, 0) is 11.3 Å². The Bertz CT molecular complexity index is 434. The lowest BCUT2D eigenvalue weighted by Gasteiger charge is -2.16. The summed E-state index contributed by atoms with van der Waals surface area (Å²) in [6.07, 6.45) is 5.73. The van der Waals surface area contributed by atoms with Crippen molar-refractivity contribution in [2.24, 2.45) is 5.41 Å². The number of hydrogen-bond donors (Lipinski definition) is 1. The molecule has 19 heavy (non-hydrogen) atoms. The zero-order valence-electron chi connectivity index (χ0n) is 11.7. The van der Waals surface area contributed by atoms with Crippen molar-refractivity contribution in [3.63, 3.8) is 0 Å². The Morgan fingerprint density at radius 3 is 2.47 bits per heavy atom. The Morgan fingerprint density at radius 2 is 2.00 bits per heavy atom. The van der Waals surface area contributed by atoms with E-state index in [1.165, 1.54) is 0 Å². The van der Waals surface area contributed by atoms with Gasteiger partial charge in [0.05, 0.1) is 12.0 Å². The summed E-state index contributed by atoms with van der Waals surface area (Å²) in [6, 6.07) is 0. The minimum Gasteiger partial charge on any atom is -0.481 e. The van der Waals surface area contributed by atoms with Crippen LogP contribution >= 0.6 is 0 Å². The van der Waals surface area contributed by atoms with Crippen molar-refractivity contribution in [1.29, 1.82) is 0 Å². The van der Waals surface area contributed by atoms with Gasteiger partial charge < -0.3 is 5.11 Å². The first-order valence-corrected chi connectivity index (χ1v) is 7.12. The molecule has 1 aliphatic carbocycles. The van der Waals surface area contributed by atoms with Gasteiger partial charge in [0.2, 0.25) is 0 Å². The van der Waals surface area contributed by atoms with Gasteiger partial charge in [-0.05, 0) is 36.1 Å². The van der Waals surface area contributed by atoms with E-state index in [-0.39, 0.29) is 0 Å². The van der Waals surface area contributed by atoms with Crippen LogP contribution in [0.2, 0.25) is 0 Å². The van der Waals surface area contributed by atoms with Crippen LogP contribution in [0, 0.1) is 5.41 Å². The topological polar surface area (TPSA) is 80.9 Å². The highest BCUT2D eigenvalue weighted by Gasteiger charge is 2.51. The summed E-state index contributed by atoms with van der Waals surface area (Å²) in [5.41, 5.74) is -0.618. The fraction of sp³-hybridized carbons (Fsp3) is 0.846. The number of rotatable bonds is 8. The third-order valence-electron chi connectivity index (χ3n) is 3.96. The number of tetrazole rings is 1. The van der Waals surface area contributed by atoms with Crippen LogP contribution in [0.15, 0.2) is 0 Å². The highest BCUT2D eigenvalue weighted by molar-refractivity contribution is 5.77. The fourth-order valence-corrected chi connectivity index (χ4v) is 2.59. The van der Waals surface area contributed by atoms with Crippen molar-refractivity contribution in [3.8, 4) is 0 Å². The molecule has 1 aliphatic rings. The number of carbonyl (C=O) groups is 1. The lowest BCUT2D eigenvalue weighted by molar-refractivity contribution is -0.144. The summed E-state index contributed by atoms with van der Waals surface area (Å²) in [7, 11) is 0. The standard InChI is InChI=1S/C13H22N4O2/c1-3-5-10(6-4-2)11-14-15-16-17(11)9-13(7-8-13)12(18)19/h10H,3-9H2,1-2H3,(H,18,19). The fourth-order valence-electron chi connectivity index (χ4n) is 2.59. The van der Waals surface area contributed by atoms with Gasteiger partial charge in [-0.2, -0.15) is 0 Å². The molecule has 1 saturated carbocycles. The van der Waals surface area contributed by atoms with Crippen molar-refractivity contribution in [3.05, 3.63) is 5.82 Å². The van der Waals surface area contributed by atoms with Gasteiger partial charge >= 0.3 is 5.97 Å². The van der Waals surface area contributed by atoms with Crippen LogP contribution in [0.5, 0.6) is 0 Å². The molecule has 1 heterocycles. The molecule has 1 aromatic heterocycles. The third kappa shape index (κ3) is 2.93. The van der Waals surface area contributed by atoms with E-state index in [4.69, 9.17) is 0 Å². The number of carboxylic acid groups (broad SMARTS) is 1. The van der Waals surface area contributed by atoms with Crippen molar-refractivity contribution < 1.29 is 9.90 Å². The van der Waals surface area contributed by atoms with Crippen molar-refractivity contribution in [2.45, 2.75) is 64.8 Å². The lowest BCUT2D eigenvalue weighted by Crippen LogP contribution is -2.24. The van der Waals surface area contributed by atoms with Gasteiger partial charge in [0.25, 0.3) is 0 Å². The minimum absolute atomic E-state index is 0.342. The molecule has 0 bridgehead atoms. The molecule has 6 nitrogen and oxygen atoms in total. The van der Waals surface area contributed by atoms with Crippen molar-refractivity contribution >= 4 is 5.97 Å². The molecule has 6 heteroatoms. The molecular weight excluding hydrogens is 244 g/mol. The second kappa shape index (κ2) is 5.67. The molecule has 2 rings (SSSR count). The first-order valence-electron chi connectivity index (χ1n) is 7.12.